The van der Waals surface area contributed by atoms with E-state index in [1.54, 1.807) is 12.1 Å². The molecule has 7 nitrogen and oxygen atoms in total. The summed E-state index contributed by atoms with van der Waals surface area (Å²) in [5.74, 6) is 0. The molecule has 0 bridgehead atoms. The van der Waals surface area contributed by atoms with Crippen LogP contribution in [0.15, 0.2) is 29.2 Å². The van der Waals surface area contributed by atoms with Crippen molar-refractivity contribution >= 4 is 10.1 Å². The highest BCUT2D eigenvalue weighted by Gasteiger charge is 2.41. The zero-order valence-corrected chi connectivity index (χ0v) is 22.8. The number of aryl methyl sites for hydroxylation is 1. The van der Waals surface area contributed by atoms with Crippen molar-refractivity contribution in [2.75, 3.05) is 6.61 Å². The Morgan fingerprint density at radius 1 is 0.833 bits per heavy atom. The summed E-state index contributed by atoms with van der Waals surface area (Å²) in [6.07, 6.45) is 11.3. The van der Waals surface area contributed by atoms with Gasteiger partial charge in [-0.2, -0.15) is 8.42 Å². The zero-order chi connectivity index (χ0) is 26.0. The van der Waals surface area contributed by atoms with Gasteiger partial charge in [0.2, 0.25) is 0 Å². The van der Waals surface area contributed by atoms with E-state index in [9.17, 15) is 18.6 Å². The number of hydrogen-bond acceptors (Lipinski definition) is 7. The molecule has 3 rings (SSSR count). The second-order valence-electron chi connectivity index (χ2n) is 10.5. The van der Waals surface area contributed by atoms with Crippen molar-refractivity contribution in [2.24, 2.45) is 0 Å². The Balaban J connectivity index is 1.33. The quantitative estimate of drug-likeness (QED) is 0.230. The Bertz CT molecular complexity index is 857. The molecule has 6 atom stereocenters. The lowest BCUT2D eigenvalue weighted by Gasteiger charge is -2.24. The Kier molecular flexibility index (Phi) is 12.1. The number of hydrogen-bond donors (Lipinski definition) is 2. The Labute approximate surface area is 217 Å². The molecule has 8 heteroatoms. The second-order valence-corrected chi connectivity index (χ2v) is 12.1. The van der Waals surface area contributed by atoms with Crippen molar-refractivity contribution in [3.8, 4) is 0 Å². The fraction of sp³-hybridized carbons (Fsp3) is 0.786. The van der Waals surface area contributed by atoms with Gasteiger partial charge in [-0.1, -0.05) is 76.0 Å². The van der Waals surface area contributed by atoms with Gasteiger partial charge in [0.25, 0.3) is 10.1 Å². The van der Waals surface area contributed by atoms with Crippen LogP contribution in [0, 0.1) is 6.92 Å². The summed E-state index contributed by atoms with van der Waals surface area (Å²) < 4.78 is 42.1. The number of unbranched alkanes of at least 4 members (excludes halogenated alkanes) is 7. The van der Waals surface area contributed by atoms with Crippen molar-refractivity contribution < 1.29 is 32.3 Å². The van der Waals surface area contributed by atoms with Crippen LogP contribution in [-0.4, -0.2) is 61.9 Å². The lowest BCUT2D eigenvalue weighted by atomic mass is 10.0. The standard InChI is InChI=1S/C28H46O7S/c1-3-4-5-6-7-8-9-10-11-23(29)25-16-18-27(34-25)28-19-17-26(35-28)24(30)20-33-36(31,32)22-14-12-21(2)13-15-22/h12-15,23-30H,3-11,16-20H2,1-2H3/t23-,24+,25+,26+,27+,28+/m0/s1. The minimum atomic E-state index is -3.93. The topological polar surface area (TPSA) is 102 Å². The van der Waals surface area contributed by atoms with Crippen molar-refractivity contribution in [3.63, 3.8) is 0 Å². The van der Waals surface area contributed by atoms with Crippen LogP contribution < -0.4 is 0 Å². The maximum Gasteiger partial charge on any atom is 0.297 e. The van der Waals surface area contributed by atoms with Crippen molar-refractivity contribution in [1.29, 1.82) is 0 Å². The van der Waals surface area contributed by atoms with Gasteiger partial charge in [0, 0.05) is 0 Å². The van der Waals surface area contributed by atoms with Crippen LogP contribution in [0.5, 0.6) is 0 Å². The van der Waals surface area contributed by atoms with Gasteiger partial charge in [0.1, 0.15) is 6.10 Å². The monoisotopic (exact) mass is 526 g/mol. The molecule has 1 aromatic carbocycles. The molecule has 1 aromatic rings. The molecule has 2 fully saturated rings. The van der Waals surface area contributed by atoms with Gasteiger partial charge in [0.15, 0.2) is 0 Å². The molecule has 0 amide bonds. The number of benzene rings is 1. The van der Waals surface area contributed by atoms with Gasteiger partial charge in [-0.3, -0.25) is 4.18 Å². The molecular formula is C28H46O7S. The minimum Gasteiger partial charge on any atom is -0.390 e. The predicted molar refractivity (Wildman–Crippen MR) is 139 cm³/mol. The summed E-state index contributed by atoms with van der Waals surface area (Å²) in [7, 11) is -3.93. The lowest BCUT2D eigenvalue weighted by molar-refractivity contribution is -0.113. The first-order valence-corrected chi connectivity index (χ1v) is 15.3. The number of aliphatic hydroxyl groups excluding tert-OH is 2. The highest BCUT2D eigenvalue weighted by atomic mass is 32.2. The highest BCUT2D eigenvalue weighted by molar-refractivity contribution is 7.86. The Hall–Kier alpha value is -1.03. The molecule has 2 saturated heterocycles. The van der Waals surface area contributed by atoms with E-state index in [4.69, 9.17) is 13.7 Å². The van der Waals surface area contributed by atoms with Crippen LogP contribution in [0.3, 0.4) is 0 Å². The van der Waals surface area contributed by atoms with Gasteiger partial charge >= 0.3 is 0 Å². The molecule has 0 radical (unpaired) electrons. The van der Waals surface area contributed by atoms with Crippen LogP contribution in [0.4, 0.5) is 0 Å². The average Bonchev–Trinajstić information content (AvgIpc) is 3.55. The number of aliphatic hydroxyl groups is 2. The lowest BCUT2D eigenvalue weighted by Crippen LogP contribution is -2.35. The summed E-state index contributed by atoms with van der Waals surface area (Å²) in [6, 6.07) is 6.41. The van der Waals surface area contributed by atoms with E-state index in [1.807, 2.05) is 6.92 Å². The maximum absolute atomic E-state index is 12.4. The third-order valence-electron chi connectivity index (χ3n) is 7.50. The summed E-state index contributed by atoms with van der Waals surface area (Å²) in [6.45, 7) is 3.76. The summed E-state index contributed by atoms with van der Waals surface area (Å²) in [5, 5.41) is 21.1. The van der Waals surface area contributed by atoms with Crippen molar-refractivity contribution in [3.05, 3.63) is 29.8 Å². The van der Waals surface area contributed by atoms with Gasteiger partial charge in [-0.05, 0) is 51.2 Å². The van der Waals surface area contributed by atoms with Gasteiger partial charge in [-0.25, -0.2) is 0 Å². The minimum absolute atomic E-state index is 0.0708. The van der Waals surface area contributed by atoms with E-state index in [0.717, 1.165) is 44.1 Å². The smallest absolute Gasteiger partial charge is 0.297 e. The first-order valence-electron chi connectivity index (χ1n) is 13.9. The van der Waals surface area contributed by atoms with Crippen LogP contribution in [-0.2, 0) is 23.8 Å². The molecule has 2 heterocycles. The van der Waals surface area contributed by atoms with Gasteiger partial charge < -0.3 is 19.7 Å². The van der Waals surface area contributed by atoms with Crippen molar-refractivity contribution in [1.82, 2.24) is 0 Å². The van der Waals surface area contributed by atoms with Crippen LogP contribution in [0.2, 0.25) is 0 Å². The molecule has 0 saturated carbocycles. The average molecular weight is 527 g/mol. The van der Waals surface area contributed by atoms with E-state index >= 15 is 0 Å². The largest absolute Gasteiger partial charge is 0.390 e. The molecule has 2 N–H and O–H groups in total. The molecular weight excluding hydrogens is 480 g/mol. The maximum atomic E-state index is 12.4. The Morgan fingerprint density at radius 2 is 1.36 bits per heavy atom. The van der Waals surface area contributed by atoms with Crippen LogP contribution >= 0.6 is 0 Å². The molecule has 36 heavy (non-hydrogen) atoms. The summed E-state index contributed by atoms with van der Waals surface area (Å²) in [5.41, 5.74) is 0.955. The van der Waals surface area contributed by atoms with Crippen molar-refractivity contribution in [2.45, 2.75) is 139 Å². The van der Waals surface area contributed by atoms with Crippen LogP contribution in [0.25, 0.3) is 0 Å². The molecule has 0 unspecified atom stereocenters. The zero-order valence-electron chi connectivity index (χ0n) is 22.0. The highest BCUT2D eigenvalue weighted by Crippen LogP contribution is 2.34. The molecule has 206 valence electrons. The third kappa shape index (κ3) is 9.07. The fourth-order valence-corrected chi connectivity index (χ4v) is 6.13. The van der Waals surface area contributed by atoms with E-state index in [2.05, 4.69) is 6.92 Å². The molecule has 0 spiro atoms. The summed E-state index contributed by atoms with van der Waals surface area (Å²) >= 11 is 0. The van der Waals surface area contributed by atoms with E-state index in [1.165, 1.54) is 50.7 Å². The second kappa shape index (κ2) is 14.8. The normalized spacial score (nSPS) is 26.3. The third-order valence-corrected chi connectivity index (χ3v) is 8.80. The van der Waals surface area contributed by atoms with E-state index in [0.29, 0.717) is 6.42 Å². The molecule has 0 aliphatic carbocycles. The summed E-state index contributed by atoms with van der Waals surface area (Å²) in [4.78, 5) is 0.0708. The van der Waals surface area contributed by atoms with Crippen LogP contribution in [0.1, 0.15) is 96.0 Å². The molecule has 0 aromatic heterocycles. The van der Waals surface area contributed by atoms with Gasteiger partial charge in [0.05, 0.1) is 42.0 Å². The predicted octanol–water partition coefficient (Wildman–Crippen LogP) is 5.05. The molecule has 2 aliphatic heterocycles. The SMILES string of the molecule is CCCCCCCCCC[C@H](O)[C@H]1CC[C@H]([C@H]2CC[C@H]([C@H](O)COS(=O)(=O)c3ccc(C)cc3)O2)O1. The Morgan fingerprint density at radius 3 is 1.94 bits per heavy atom. The van der Waals surface area contributed by atoms with E-state index < -0.39 is 28.4 Å². The van der Waals surface area contributed by atoms with E-state index in [-0.39, 0.29) is 29.8 Å². The fourth-order valence-electron chi connectivity index (χ4n) is 5.20. The first-order chi connectivity index (χ1) is 17.3. The first kappa shape index (κ1) is 29.5. The molecule has 2 aliphatic rings. The number of ether oxygens (including phenoxy) is 2. The van der Waals surface area contributed by atoms with Gasteiger partial charge in [-0.15, -0.1) is 0 Å². The number of rotatable bonds is 16.